The molecule has 0 aliphatic heterocycles. The Hall–Kier alpha value is -1.94. The highest BCUT2D eigenvalue weighted by Crippen LogP contribution is 2.36. The van der Waals surface area contributed by atoms with E-state index in [1.165, 1.54) is 28.1 Å². The van der Waals surface area contributed by atoms with Crippen LogP contribution in [0.3, 0.4) is 0 Å². The number of carbonyl (C=O) groups is 1. The molecule has 2 heterocycles. The van der Waals surface area contributed by atoms with Crippen LogP contribution in [-0.2, 0) is 12.8 Å². The van der Waals surface area contributed by atoms with Crippen molar-refractivity contribution in [3.8, 4) is 11.3 Å². The Labute approximate surface area is 140 Å². The number of fused-ring (bicyclic) bond motifs is 3. The highest BCUT2D eigenvalue weighted by molar-refractivity contribution is 7.17. The second-order valence-corrected chi connectivity index (χ2v) is 7.76. The molecule has 1 unspecified atom stereocenters. The van der Waals surface area contributed by atoms with Crippen LogP contribution in [0.1, 0.15) is 45.5 Å². The molecule has 1 aliphatic carbocycles. The summed E-state index contributed by atoms with van der Waals surface area (Å²) in [6, 6.07) is 6.30. The van der Waals surface area contributed by atoms with Crippen LogP contribution in [0.15, 0.2) is 18.2 Å². The van der Waals surface area contributed by atoms with Crippen molar-refractivity contribution in [3.05, 3.63) is 45.6 Å². The Morgan fingerprint density at radius 3 is 2.87 bits per heavy atom. The van der Waals surface area contributed by atoms with Crippen LogP contribution in [0.25, 0.3) is 16.2 Å². The Balaban J connectivity index is 1.93. The average Bonchev–Trinajstić information content (AvgIpc) is 3.04. The molecule has 0 N–H and O–H groups in total. The molecule has 0 radical (unpaired) electrons. The van der Waals surface area contributed by atoms with Gasteiger partial charge in [-0.15, -0.1) is 11.3 Å². The summed E-state index contributed by atoms with van der Waals surface area (Å²) in [7, 11) is 0. The summed E-state index contributed by atoms with van der Waals surface area (Å²) >= 11 is 1.75. The van der Waals surface area contributed by atoms with E-state index in [1.807, 2.05) is 0 Å². The number of rotatable bonds is 2. The molecule has 0 saturated carbocycles. The number of aldehydes is 1. The SMILES string of the molecule is Cc1ccc(-c2nc3sc4c(n3c2C=O)CCC(C)C4)cc1C. The molecule has 4 heteroatoms. The number of hydrogen-bond acceptors (Lipinski definition) is 3. The highest BCUT2D eigenvalue weighted by Gasteiger charge is 2.25. The van der Waals surface area contributed by atoms with Gasteiger partial charge in [-0.25, -0.2) is 4.98 Å². The molecule has 4 rings (SSSR count). The summed E-state index contributed by atoms with van der Waals surface area (Å²) in [6.45, 7) is 6.50. The molecule has 3 nitrogen and oxygen atoms in total. The van der Waals surface area contributed by atoms with Crippen LogP contribution < -0.4 is 0 Å². The van der Waals surface area contributed by atoms with E-state index in [0.29, 0.717) is 5.69 Å². The maximum Gasteiger partial charge on any atom is 0.195 e. The summed E-state index contributed by atoms with van der Waals surface area (Å²) < 4.78 is 2.10. The zero-order chi connectivity index (χ0) is 16.1. The molecule has 23 heavy (non-hydrogen) atoms. The third-order valence-corrected chi connectivity index (χ3v) is 6.09. The fraction of sp³-hybridized carbons (Fsp3) is 0.368. The van der Waals surface area contributed by atoms with Gasteiger partial charge < -0.3 is 0 Å². The zero-order valence-corrected chi connectivity index (χ0v) is 14.5. The average molecular weight is 324 g/mol. The summed E-state index contributed by atoms with van der Waals surface area (Å²) in [5.41, 5.74) is 6.34. The van der Waals surface area contributed by atoms with Crippen LogP contribution in [0.5, 0.6) is 0 Å². The van der Waals surface area contributed by atoms with E-state index < -0.39 is 0 Å². The second kappa shape index (κ2) is 5.31. The van der Waals surface area contributed by atoms with Gasteiger partial charge in [-0.3, -0.25) is 9.20 Å². The molecule has 0 saturated heterocycles. The third kappa shape index (κ3) is 2.24. The predicted octanol–water partition coefficient (Wildman–Crippen LogP) is 4.62. The number of aryl methyl sites for hydroxylation is 3. The fourth-order valence-electron chi connectivity index (χ4n) is 3.46. The molecule has 0 fully saturated rings. The van der Waals surface area contributed by atoms with Gasteiger partial charge in [0.2, 0.25) is 0 Å². The van der Waals surface area contributed by atoms with Gasteiger partial charge in [-0.2, -0.15) is 0 Å². The minimum atomic E-state index is 0.704. The first-order chi connectivity index (χ1) is 11.1. The number of thiazole rings is 1. The standard InChI is InChI=1S/C19H20N2OS/c1-11-4-7-15-17(8-11)23-19-20-18(16(10-22)21(15)19)14-6-5-12(2)13(3)9-14/h5-6,9-11H,4,7-8H2,1-3H3. The van der Waals surface area contributed by atoms with Crippen molar-refractivity contribution in [2.45, 2.75) is 40.0 Å². The number of hydrogen-bond donors (Lipinski definition) is 0. The first-order valence-electron chi connectivity index (χ1n) is 8.14. The van der Waals surface area contributed by atoms with Gasteiger partial charge in [0.25, 0.3) is 0 Å². The fourth-order valence-corrected chi connectivity index (χ4v) is 4.79. The minimum absolute atomic E-state index is 0.704. The van der Waals surface area contributed by atoms with Crippen molar-refractivity contribution < 1.29 is 4.79 Å². The maximum atomic E-state index is 11.8. The molecule has 0 spiro atoms. The number of imidazole rings is 1. The van der Waals surface area contributed by atoms with Gasteiger partial charge >= 0.3 is 0 Å². The highest BCUT2D eigenvalue weighted by atomic mass is 32.1. The summed E-state index contributed by atoms with van der Waals surface area (Å²) in [4.78, 5) is 19.0. The normalized spacial score (nSPS) is 17.4. The summed E-state index contributed by atoms with van der Waals surface area (Å²) in [5, 5.41) is 0. The molecule has 2 aromatic heterocycles. The van der Waals surface area contributed by atoms with Gasteiger partial charge in [0.1, 0.15) is 11.4 Å². The maximum absolute atomic E-state index is 11.8. The Morgan fingerprint density at radius 2 is 2.13 bits per heavy atom. The molecule has 1 aliphatic rings. The monoisotopic (exact) mass is 324 g/mol. The van der Waals surface area contributed by atoms with E-state index >= 15 is 0 Å². The predicted molar refractivity (Wildman–Crippen MR) is 94.6 cm³/mol. The third-order valence-electron chi connectivity index (χ3n) is 4.99. The van der Waals surface area contributed by atoms with E-state index in [0.717, 1.165) is 41.3 Å². The van der Waals surface area contributed by atoms with Crippen molar-refractivity contribution in [2.75, 3.05) is 0 Å². The lowest BCUT2D eigenvalue weighted by atomic mass is 9.93. The first-order valence-corrected chi connectivity index (χ1v) is 8.96. The van der Waals surface area contributed by atoms with Crippen LogP contribution >= 0.6 is 11.3 Å². The van der Waals surface area contributed by atoms with E-state index in [1.54, 1.807) is 11.3 Å². The van der Waals surface area contributed by atoms with E-state index in [2.05, 4.69) is 43.4 Å². The van der Waals surface area contributed by atoms with Crippen molar-refractivity contribution in [3.63, 3.8) is 0 Å². The molecule has 1 aromatic carbocycles. The Bertz CT molecular complexity index is 919. The first kappa shape index (κ1) is 14.6. The number of benzene rings is 1. The summed E-state index contributed by atoms with van der Waals surface area (Å²) in [6.07, 6.45) is 4.31. The largest absolute Gasteiger partial charge is 0.296 e. The Kier molecular flexibility index (Phi) is 3.38. The van der Waals surface area contributed by atoms with Crippen molar-refractivity contribution >= 4 is 22.6 Å². The molecule has 0 bridgehead atoms. The van der Waals surface area contributed by atoms with Crippen molar-refractivity contribution in [1.82, 2.24) is 9.38 Å². The lowest BCUT2D eigenvalue weighted by molar-refractivity contribution is 0.111. The molecular weight excluding hydrogens is 304 g/mol. The van der Waals surface area contributed by atoms with Crippen LogP contribution in [-0.4, -0.2) is 15.7 Å². The van der Waals surface area contributed by atoms with Gasteiger partial charge in [-0.1, -0.05) is 19.1 Å². The minimum Gasteiger partial charge on any atom is -0.296 e. The van der Waals surface area contributed by atoms with Gasteiger partial charge in [0.05, 0.1) is 0 Å². The zero-order valence-electron chi connectivity index (χ0n) is 13.7. The van der Waals surface area contributed by atoms with E-state index in [-0.39, 0.29) is 0 Å². The van der Waals surface area contributed by atoms with E-state index in [4.69, 9.17) is 4.98 Å². The summed E-state index contributed by atoms with van der Waals surface area (Å²) in [5.74, 6) is 0.727. The topological polar surface area (TPSA) is 34.4 Å². The van der Waals surface area contributed by atoms with E-state index in [9.17, 15) is 4.79 Å². The number of carbonyl (C=O) groups excluding carboxylic acids is 1. The van der Waals surface area contributed by atoms with Crippen molar-refractivity contribution in [2.24, 2.45) is 5.92 Å². The van der Waals surface area contributed by atoms with Crippen LogP contribution in [0.4, 0.5) is 0 Å². The van der Waals surface area contributed by atoms with Gasteiger partial charge in [0, 0.05) is 16.1 Å². The molecular formula is C19H20N2OS. The second-order valence-electron chi connectivity index (χ2n) is 6.70. The smallest absolute Gasteiger partial charge is 0.195 e. The lowest BCUT2D eigenvalue weighted by Gasteiger charge is -2.17. The number of nitrogens with zero attached hydrogens (tertiary/aromatic N) is 2. The van der Waals surface area contributed by atoms with Crippen molar-refractivity contribution in [1.29, 1.82) is 0 Å². The molecule has 1 atom stereocenters. The lowest BCUT2D eigenvalue weighted by Crippen LogP contribution is -2.11. The quantitative estimate of drug-likeness (QED) is 0.645. The molecule has 118 valence electrons. The number of aromatic nitrogens is 2. The van der Waals surface area contributed by atoms with Crippen LogP contribution in [0.2, 0.25) is 0 Å². The Morgan fingerprint density at radius 1 is 1.30 bits per heavy atom. The molecule has 0 amide bonds. The van der Waals surface area contributed by atoms with Gasteiger partial charge in [-0.05, 0) is 56.2 Å². The molecule has 3 aromatic rings. The van der Waals surface area contributed by atoms with Gasteiger partial charge in [0.15, 0.2) is 11.2 Å². The van der Waals surface area contributed by atoms with Crippen LogP contribution in [0, 0.1) is 19.8 Å².